The van der Waals surface area contributed by atoms with Gasteiger partial charge in [0.1, 0.15) is 5.82 Å². The van der Waals surface area contributed by atoms with Gasteiger partial charge in [0.25, 0.3) is 0 Å². The molecule has 1 aromatic carbocycles. The van der Waals surface area contributed by atoms with Crippen LogP contribution in [0.1, 0.15) is 24.4 Å². The van der Waals surface area contributed by atoms with Crippen molar-refractivity contribution in [3.05, 3.63) is 41.5 Å². The molecule has 0 bridgehead atoms. The standard InChI is InChI=1S/C12H16FN5/c1-9(14-2)12-15-16-17-18(12)8-7-10-5-3-4-6-11(10)13/h3-6,9,14H,7-8H2,1-2H3. The van der Waals surface area contributed by atoms with Crippen molar-refractivity contribution in [2.24, 2.45) is 0 Å². The van der Waals surface area contributed by atoms with Crippen LogP contribution in [0.3, 0.4) is 0 Å². The van der Waals surface area contributed by atoms with Crippen molar-refractivity contribution in [2.45, 2.75) is 25.9 Å². The Hall–Kier alpha value is -1.82. The van der Waals surface area contributed by atoms with Gasteiger partial charge >= 0.3 is 0 Å². The van der Waals surface area contributed by atoms with Crippen LogP contribution in [0, 0.1) is 5.82 Å². The van der Waals surface area contributed by atoms with Gasteiger partial charge in [-0.3, -0.25) is 0 Å². The summed E-state index contributed by atoms with van der Waals surface area (Å²) in [4.78, 5) is 0. The molecule has 0 radical (unpaired) electrons. The van der Waals surface area contributed by atoms with E-state index in [1.165, 1.54) is 6.07 Å². The van der Waals surface area contributed by atoms with Crippen molar-refractivity contribution >= 4 is 0 Å². The summed E-state index contributed by atoms with van der Waals surface area (Å²) in [6, 6.07) is 6.83. The van der Waals surface area contributed by atoms with Crippen LogP contribution in [0.15, 0.2) is 24.3 Å². The molecular weight excluding hydrogens is 233 g/mol. The normalized spacial score (nSPS) is 12.6. The fraction of sp³-hybridized carbons (Fsp3) is 0.417. The van der Waals surface area contributed by atoms with E-state index < -0.39 is 0 Å². The van der Waals surface area contributed by atoms with Gasteiger partial charge in [-0.1, -0.05) is 18.2 Å². The lowest BCUT2D eigenvalue weighted by molar-refractivity contribution is 0.505. The molecular formula is C12H16FN5. The molecule has 5 nitrogen and oxygen atoms in total. The predicted molar refractivity (Wildman–Crippen MR) is 65.4 cm³/mol. The maximum Gasteiger partial charge on any atom is 0.167 e. The first kappa shape index (κ1) is 12.6. The number of tetrazole rings is 1. The van der Waals surface area contributed by atoms with Gasteiger partial charge < -0.3 is 5.32 Å². The number of rotatable bonds is 5. The highest BCUT2D eigenvalue weighted by Gasteiger charge is 2.12. The second kappa shape index (κ2) is 5.68. The van der Waals surface area contributed by atoms with Crippen LogP contribution < -0.4 is 5.32 Å². The van der Waals surface area contributed by atoms with Crippen molar-refractivity contribution < 1.29 is 4.39 Å². The third kappa shape index (κ3) is 2.70. The van der Waals surface area contributed by atoms with Crippen LogP contribution in [0.25, 0.3) is 0 Å². The highest BCUT2D eigenvalue weighted by Crippen LogP contribution is 2.10. The number of hydrogen-bond acceptors (Lipinski definition) is 4. The molecule has 96 valence electrons. The van der Waals surface area contributed by atoms with Crippen LogP contribution in [0.4, 0.5) is 4.39 Å². The summed E-state index contributed by atoms with van der Waals surface area (Å²) < 4.78 is 15.2. The fourth-order valence-electron chi connectivity index (χ4n) is 1.74. The first-order valence-electron chi connectivity index (χ1n) is 5.89. The number of aromatic nitrogens is 4. The SMILES string of the molecule is CNC(C)c1nnnn1CCc1ccccc1F. The maximum atomic E-state index is 13.5. The highest BCUT2D eigenvalue weighted by atomic mass is 19.1. The molecule has 1 aromatic heterocycles. The van der Waals surface area contributed by atoms with Crippen molar-refractivity contribution in [2.75, 3.05) is 7.05 Å². The Morgan fingerprint density at radius 2 is 2.17 bits per heavy atom. The third-order valence-corrected chi connectivity index (χ3v) is 2.93. The molecule has 1 atom stereocenters. The van der Waals surface area contributed by atoms with Gasteiger partial charge in [-0.2, -0.15) is 0 Å². The largest absolute Gasteiger partial charge is 0.311 e. The molecule has 2 rings (SSSR count). The number of nitrogens with zero attached hydrogens (tertiary/aromatic N) is 4. The topological polar surface area (TPSA) is 55.6 Å². The first-order valence-corrected chi connectivity index (χ1v) is 5.89. The summed E-state index contributed by atoms with van der Waals surface area (Å²) in [5, 5.41) is 14.6. The number of benzene rings is 1. The van der Waals surface area contributed by atoms with Crippen LogP contribution in [-0.4, -0.2) is 27.3 Å². The molecule has 1 heterocycles. The molecule has 0 saturated heterocycles. The fourth-order valence-corrected chi connectivity index (χ4v) is 1.74. The molecule has 0 aliphatic carbocycles. The Morgan fingerprint density at radius 3 is 2.89 bits per heavy atom. The van der Waals surface area contributed by atoms with Crippen LogP contribution in [0.5, 0.6) is 0 Å². The zero-order valence-electron chi connectivity index (χ0n) is 10.5. The van der Waals surface area contributed by atoms with Gasteiger partial charge in [-0.05, 0) is 42.4 Å². The van der Waals surface area contributed by atoms with Gasteiger partial charge in [0, 0.05) is 6.54 Å². The molecule has 0 spiro atoms. The minimum Gasteiger partial charge on any atom is -0.311 e. The smallest absolute Gasteiger partial charge is 0.167 e. The Labute approximate surface area is 105 Å². The summed E-state index contributed by atoms with van der Waals surface area (Å²) >= 11 is 0. The minimum atomic E-state index is -0.186. The van der Waals surface area contributed by atoms with Crippen LogP contribution in [0.2, 0.25) is 0 Å². The van der Waals surface area contributed by atoms with Gasteiger partial charge in [0.15, 0.2) is 5.82 Å². The van der Waals surface area contributed by atoms with Crippen molar-refractivity contribution in [1.82, 2.24) is 25.5 Å². The molecule has 2 aromatic rings. The van der Waals surface area contributed by atoms with E-state index in [9.17, 15) is 4.39 Å². The van der Waals surface area contributed by atoms with Crippen molar-refractivity contribution in [3.63, 3.8) is 0 Å². The Morgan fingerprint density at radius 1 is 1.39 bits per heavy atom. The molecule has 18 heavy (non-hydrogen) atoms. The van der Waals surface area contributed by atoms with Crippen molar-refractivity contribution in [1.29, 1.82) is 0 Å². The van der Waals surface area contributed by atoms with E-state index >= 15 is 0 Å². The highest BCUT2D eigenvalue weighted by molar-refractivity contribution is 5.17. The molecule has 1 unspecified atom stereocenters. The summed E-state index contributed by atoms with van der Waals surface area (Å²) in [5.41, 5.74) is 0.677. The molecule has 0 amide bonds. The van der Waals surface area contributed by atoms with E-state index in [1.54, 1.807) is 16.8 Å². The zero-order valence-corrected chi connectivity index (χ0v) is 10.5. The van der Waals surface area contributed by atoms with Gasteiger partial charge in [0.2, 0.25) is 0 Å². The monoisotopic (exact) mass is 249 g/mol. The average molecular weight is 249 g/mol. The minimum absolute atomic E-state index is 0.0700. The number of nitrogens with one attached hydrogen (secondary N) is 1. The quantitative estimate of drug-likeness (QED) is 0.868. The zero-order chi connectivity index (χ0) is 13.0. The van der Waals surface area contributed by atoms with E-state index in [0.29, 0.717) is 18.5 Å². The predicted octanol–water partition coefficient (Wildman–Crippen LogP) is 1.34. The van der Waals surface area contributed by atoms with Crippen LogP contribution in [-0.2, 0) is 13.0 Å². The van der Waals surface area contributed by atoms with Gasteiger partial charge in [0.05, 0.1) is 6.04 Å². The summed E-state index contributed by atoms with van der Waals surface area (Å²) in [6.07, 6.45) is 0.571. The third-order valence-electron chi connectivity index (χ3n) is 2.93. The molecule has 0 fully saturated rings. The summed E-state index contributed by atoms with van der Waals surface area (Å²) in [6.45, 7) is 2.54. The Balaban J connectivity index is 2.07. The lowest BCUT2D eigenvalue weighted by Crippen LogP contribution is -2.19. The Bertz CT molecular complexity index is 511. The molecule has 0 aliphatic rings. The lowest BCUT2D eigenvalue weighted by atomic mass is 10.1. The lowest BCUT2D eigenvalue weighted by Gasteiger charge is -2.10. The molecule has 0 aliphatic heterocycles. The summed E-state index contributed by atoms with van der Waals surface area (Å²) in [7, 11) is 1.85. The van der Waals surface area contributed by atoms with E-state index in [2.05, 4.69) is 20.8 Å². The second-order valence-corrected chi connectivity index (χ2v) is 4.11. The Kier molecular flexibility index (Phi) is 3.99. The second-order valence-electron chi connectivity index (χ2n) is 4.11. The van der Waals surface area contributed by atoms with Crippen LogP contribution >= 0.6 is 0 Å². The average Bonchev–Trinajstić information content (AvgIpc) is 2.85. The number of halogens is 1. The number of aryl methyl sites for hydroxylation is 2. The van der Waals surface area contributed by atoms with E-state index in [4.69, 9.17) is 0 Å². The van der Waals surface area contributed by atoms with E-state index in [-0.39, 0.29) is 11.9 Å². The molecule has 0 saturated carbocycles. The summed E-state index contributed by atoms with van der Waals surface area (Å²) in [5.74, 6) is 0.572. The maximum absolute atomic E-state index is 13.5. The van der Waals surface area contributed by atoms with Gasteiger partial charge in [-0.25, -0.2) is 9.07 Å². The van der Waals surface area contributed by atoms with E-state index in [0.717, 1.165) is 5.82 Å². The molecule has 1 N–H and O–H groups in total. The first-order chi connectivity index (χ1) is 8.72. The molecule has 6 heteroatoms. The van der Waals surface area contributed by atoms with Crippen molar-refractivity contribution in [3.8, 4) is 0 Å². The van der Waals surface area contributed by atoms with E-state index in [1.807, 2.05) is 20.0 Å². The number of hydrogen-bond donors (Lipinski definition) is 1. The van der Waals surface area contributed by atoms with Gasteiger partial charge in [-0.15, -0.1) is 5.10 Å².